The Morgan fingerprint density at radius 2 is 1.75 bits per heavy atom. The largest absolute Gasteiger partial charge is 0.487 e. The van der Waals surface area contributed by atoms with E-state index in [4.69, 9.17) is 9.84 Å². The number of aliphatic carboxylic acids is 1. The maximum absolute atomic E-state index is 10.7. The van der Waals surface area contributed by atoms with Crippen LogP contribution in [0.25, 0.3) is 0 Å². The van der Waals surface area contributed by atoms with Crippen molar-refractivity contribution in [2.45, 2.75) is 39.7 Å². The molecule has 0 aliphatic heterocycles. The molecule has 88 valence electrons. The van der Waals surface area contributed by atoms with Gasteiger partial charge in [0, 0.05) is 0 Å². The normalized spacial score (nSPS) is 11.2. The summed E-state index contributed by atoms with van der Waals surface area (Å²) < 4.78 is 5.69. The zero-order valence-corrected chi connectivity index (χ0v) is 10.2. The van der Waals surface area contributed by atoms with Gasteiger partial charge in [-0.05, 0) is 51.0 Å². The van der Waals surface area contributed by atoms with Crippen LogP contribution in [0.5, 0.6) is 5.75 Å². The van der Waals surface area contributed by atoms with E-state index in [1.54, 1.807) is 13.8 Å². The lowest BCUT2D eigenvalue weighted by molar-refractivity contribution is -0.140. The molecule has 0 aliphatic rings. The number of benzene rings is 1. The third-order valence-electron chi connectivity index (χ3n) is 2.17. The highest BCUT2D eigenvalue weighted by Gasteiger charge is 2.23. The molecule has 1 N–H and O–H groups in total. The van der Waals surface area contributed by atoms with Crippen LogP contribution in [0.3, 0.4) is 0 Å². The van der Waals surface area contributed by atoms with Crippen molar-refractivity contribution in [1.82, 2.24) is 0 Å². The molecule has 0 saturated heterocycles. The van der Waals surface area contributed by atoms with Crippen molar-refractivity contribution >= 4 is 5.97 Å². The lowest BCUT2D eigenvalue weighted by Crippen LogP contribution is -2.31. The van der Waals surface area contributed by atoms with Crippen molar-refractivity contribution in [2.24, 2.45) is 0 Å². The van der Waals surface area contributed by atoms with Crippen molar-refractivity contribution in [3.63, 3.8) is 0 Å². The quantitative estimate of drug-likeness (QED) is 0.852. The van der Waals surface area contributed by atoms with Crippen molar-refractivity contribution < 1.29 is 14.6 Å². The highest BCUT2D eigenvalue weighted by molar-refractivity contribution is 5.68. The lowest BCUT2D eigenvalue weighted by Gasteiger charge is -2.25. The van der Waals surface area contributed by atoms with E-state index in [1.807, 2.05) is 26.0 Å². The molecule has 1 rings (SSSR count). The Morgan fingerprint density at radius 1 is 1.25 bits per heavy atom. The summed E-state index contributed by atoms with van der Waals surface area (Å²) >= 11 is 0. The first-order chi connectivity index (χ1) is 7.28. The van der Waals surface area contributed by atoms with Gasteiger partial charge in [-0.2, -0.15) is 0 Å². The predicted molar refractivity (Wildman–Crippen MR) is 62.9 cm³/mol. The van der Waals surface area contributed by atoms with Gasteiger partial charge in [-0.3, -0.25) is 4.79 Å². The fourth-order valence-corrected chi connectivity index (χ4v) is 1.71. The summed E-state index contributed by atoms with van der Waals surface area (Å²) in [6.07, 6.45) is -0.0139. The first-order valence-electron chi connectivity index (χ1n) is 5.28. The summed E-state index contributed by atoms with van der Waals surface area (Å²) in [6.45, 7) is 7.53. The van der Waals surface area contributed by atoms with Crippen LogP contribution in [0.4, 0.5) is 0 Å². The van der Waals surface area contributed by atoms with Gasteiger partial charge in [0.05, 0.1) is 6.42 Å². The molecule has 16 heavy (non-hydrogen) atoms. The van der Waals surface area contributed by atoms with E-state index in [2.05, 4.69) is 6.07 Å². The van der Waals surface area contributed by atoms with E-state index < -0.39 is 11.6 Å². The maximum Gasteiger partial charge on any atom is 0.307 e. The molecule has 3 nitrogen and oxygen atoms in total. The van der Waals surface area contributed by atoms with Gasteiger partial charge in [-0.1, -0.05) is 6.07 Å². The highest BCUT2D eigenvalue weighted by atomic mass is 16.5. The van der Waals surface area contributed by atoms with Gasteiger partial charge in [0.15, 0.2) is 0 Å². The van der Waals surface area contributed by atoms with Gasteiger partial charge in [0.25, 0.3) is 0 Å². The van der Waals surface area contributed by atoms with Gasteiger partial charge >= 0.3 is 5.97 Å². The Labute approximate surface area is 96.1 Å². The summed E-state index contributed by atoms with van der Waals surface area (Å²) in [4.78, 5) is 10.7. The number of carboxylic acids is 1. The molecule has 0 aliphatic carbocycles. The van der Waals surface area contributed by atoms with Crippen LogP contribution in [-0.2, 0) is 4.79 Å². The van der Waals surface area contributed by atoms with E-state index in [0.717, 1.165) is 16.9 Å². The fraction of sp³-hybridized carbons (Fsp3) is 0.462. The lowest BCUT2D eigenvalue weighted by atomic mass is 10.1. The van der Waals surface area contributed by atoms with E-state index in [0.29, 0.717) is 0 Å². The van der Waals surface area contributed by atoms with Gasteiger partial charge in [0.1, 0.15) is 11.4 Å². The molecule has 0 saturated carbocycles. The number of hydrogen-bond donors (Lipinski definition) is 1. The first kappa shape index (κ1) is 12.6. The summed E-state index contributed by atoms with van der Waals surface area (Å²) in [5, 5.41) is 8.76. The minimum absolute atomic E-state index is 0.0139. The van der Waals surface area contributed by atoms with Crippen molar-refractivity contribution in [3.8, 4) is 5.75 Å². The second kappa shape index (κ2) is 4.56. The molecule has 3 heteroatoms. The van der Waals surface area contributed by atoms with Crippen molar-refractivity contribution in [2.75, 3.05) is 0 Å². The fourth-order valence-electron chi connectivity index (χ4n) is 1.71. The van der Waals surface area contributed by atoms with Crippen molar-refractivity contribution in [1.29, 1.82) is 0 Å². The monoisotopic (exact) mass is 222 g/mol. The van der Waals surface area contributed by atoms with Crippen LogP contribution in [0, 0.1) is 13.8 Å². The zero-order valence-electron chi connectivity index (χ0n) is 10.2. The Bertz CT molecular complexity index is 374. The molecule has 1 aromatic rings. The molecule has 1 aromatic carbocycles. The third kappa shape index (κ3) is 3.93. The minimum Gasteiger partial charge on any atom is -0.487 e. The number of carboxylic acid groups (broad SMARTS) is 1. The molecule has 0 heterocycles. The van der Waals surface area contributed by atoms with E-state index >= 15 is 0 Å². The van der Waals surface area contributed by atoms with E-state index in [-0.39, 0.29) is 6.42 Å². The second-order valence-electron chi connectivity index (χ2n) is 4.76. The number of ether oxygens (including phenoxy) is 1. The zero-order chi connectivity index (χ0) is 12.3. The Balaban J connectivity index is 2.83. The third-order valence-corrected chi connectivity index (χ3v) is 2.17. The first-order valence-corrected chi connectivity index (χ1v) is 5.28. The molecule has 0 atom stereocenters. The minimum atomic E-state index is -0.852. The molecule has 0 spiro atoms. The average Bonchev–Trinajstić information content (AvgIpc) is 1.95. The number of aryl methyl sites for hydroxylation is 2. The van der Waals surface area contributed by atoms with Gasteiger partial charge < -0.3 is 9.84 Å². The van der Waals surface area contributed by atoms with Crippen LogP contribution in [0.2, 0.25) is 0 Å². The average molecular weight is 222 g/mol. The standard InChI is InChI=1S/C13H18O3/c1-9-5-10(2)7-11(6-9)16-13(3,4)8-12(14)15/h5-7H,8H2,1-4H3,(H,14,15). The second-order valence-corrected chi connectivity index (χ2v) is 4.76. The maximum atomic E-state index is 10.7. The van der Waals surface area contributed by atoms with Crippen LogP contribution in [0.1, 0.15) is 31.4 Å². The summed E-state index contributed by atoms with van der Waals surface area (Å²) in [7, 11) is 0. The molecule has 0 amide bonds. The van der Waals surface area contributed by atoms with Crippen LogP contribution < -0.4 is 4.74 Å². The molecule has 0 unspecified atom stereocenters. The molecule has 0 bridgehead atoms. The summed E-state index contributed by atoms with van der Waals surface area (Å²) in [5.74, 6) is -0.127. The number of hydrogen-bond acceptors (Lipinski definition) is 2. The summed E-state index contributed by atoms with van der Waals surface area (Å²) in [5.41, 5.74) is 1.54. The van der Waals surface area contributed by atoms with Crippen LogP contribution in [-0.4, -0.2) is 16.7 Å². The number of carbonyl (C=O) groups is 1. The Kier molecular flexibility index (Phi) is 3.58. The molecule has 0 fully saturated rings. The molecular weight excluding hydrogens is 204 g/mol. The molecule has 0 aromatic heterocycles. The molecule has 0 radical (unpaired) electrons. The predicted octanol–water partition coefficient (Wildman–Crippen LogP) is 2.94. The highest BCUT2D eigenvalue weighted by Crippen LogP contribution is 2.23. The smallest absolute Gasteiger partial charge is 0.307 e. The van der Waals surface area contributed by atoms with Crippen molar-refractivity contribution in [3.05, 3.63) is 29.3 Å². The van der Waals surface area contributed by atoms with E-state index in [9.17, 15) is 4.79 Å². The summed E-state index contributed by atoms with van der Waals surface area (Å²) in [6, 6.07) is 5.88. The number of rotatable bonds is 4. The van der Waals surface area contributed by atoms with Gasteiger partial charge in [0.2, 0.25) is 0 Å². The molecular formula is C13H18O3. The van der Waals surface area contributed by atoms with Gasteiger partial charge in [-0.25, -0.2) is 0 Å². The van der Waals surface area contributed by atoms with Crippen LogP contribution >= 0.6 is 0 Å². The van der Waals surface area contributed by atoms with Crippen LogP contribution in [0.15, 0.2) is 18.2 Å². The topological polar surface area (TPSA) is 46.5 Å². The Morgan fingerprint density at radius 3 is 2.19 bits per heavy atom. The van der Waals surface area contributed by atoms with Gasteiger partial charge in [-0.15, -0.1) is 0 Å². The van der Waals surface area contributed by atoms with E-state index in [1.165, 1.54) is 0 Å². The Hall–Kier alpha value is -1.51. The SMILES string of the molecule is Cc1cc(C)cc(OC(C)(C)CC(=O)O)c1.